The van der Waals surface area contributed by atoms with Gasteiger partial charge in [-0.05, 0) is 24.6 Å². The Bertz CT molecular complexity index is 940. The number of nitrogens with one attached hydrogen (secondary N) is 1. The molecular formula is C18H18Cl2N4O3. The molecular weight excluding hydrogens is 391 g/mol. The molecule has 0 saturated heterocycles. The van der Waals surface area contributed by atoms with Crippen molar-refractivity contribution >= 4 is 45.7 Å². The molecule has 142 valence electrons. The van der Waals surface area contributed by atoms with Crippen LogP contribution in [0.1, 0.15) is 6.42 Å². The number of nitrogens with zero attached hydrogens (tertiary/aromatic N) is 3. The molecule has 2 aromatic heterocycles. The van der Waals surface area contributed by atoms with Gasteiger partial charge in [-0.15, -0.1) is 11.6 Å². The highest BCUT2D eigenvalue weighted by Crippen LogP contribution is 2.35. The lowest BCUT2D eigenvalue weighted by molar-refractivity contribution is 0.295. The second kappa shape index (κ2) is 8.92. The van der Waals surface area contributed by atoms with Crippen molar-refractivity contribution in [3.63, 3.8) is 0 Å². The topological polar surface area (TPSA) is 78.4 Å². The Morgan fingerprint density at radius 2 is 1.81 bits per heavy atom. The number of hydrogen-bond donors (Lipinski definition) is 1. The first-order valence-corrected chi connectivity index (χ1v) is 9.06. The van der Waals surface area contributed by atoms with E-state index in [-0.39, 0.29) is 0 Å². The Labute approximate surface area is 166 Å². The molecule has 0 amide bonds. The number of halogens is 2. The Morgan fingerprint density at radius 1 is 1.00 bits per heavy atom. The van der Waals surface area contributed by atoms with Crippen LogP contribution >= 0.6 is 23.2 Å². The fourth-order valence-corrected chi connectivity index (χ4v) is 2.72. The molecule has 0 saturated carbocycles. The van der Waals surface area contributed by atoms with E-state index in [0.717, 1.165) is 11.8 Å². The van der Waals surface area contributed by atoms with Gasteiger partial charge in [0.25, 0.3) is 0 Å². The molecule has 0 bridgehead atoms. The summed E-state index contributed by atoms with van der Waals surface area (Å²) < 4.78 is 16.5. The van der Waals surface area contributed by atoms with Gasteiger partial charge in [-0.2, -0.15) is 0 Å². The Kier molecular flexibility index (Phi) is 6.36. The number of fused-ring (bicyclic) bond motifs is 1. The monoisotopic (exact) mass is 408 g/mol. The van der Waals surface area contributed by atoms with Gasteiger partial charge in [-0.25, -0.2) is 15.0 Å². The molecule has 0 unspecified atom stereocenters. The Hall–Kier alpha value is -2.51. The van der Waals surface area contributed by atoms with Crippen molar-refractivity contribution in [1.29, 1.82) is 0 Å². The number of ether oxygens (including phenoxy) is 3. The van der Waals surface area contributed by atoms with Crippen LogP contribution in [0.2, 0.25) is 5.15 Å². The first-order chi connectivity index (χ1) is 13.2. The van der Waals surface area contributed by atoms with Gasteiger partial charge in [0.05, 0.1) is 26.3 Å². The number of rotatable bonds is 8. The zero-order chi connectivity index (χ0) is 19.2. The van der Waals surface area contributed by atoms with Crippen LogP contribution in [0.15, 0.2) is 30.6 Å². The van der Waals surface area contributed by atoms with Crippen molar-refractivity contribution in [2.75, 3.05) is 32.0 Å². The van der Waals surface area contributed by atoms with E-state index in [4.69, 9.17) is 37.4 Å². The highest BCUT2D eigenvalue weighted by atomic mass is 35.5. The summed E-state index contributed by atoms with van der Waals surface area (Å²) in [6, 6.07) is 6.99. The van der Waals surface area contributed by atoms with Gasteiger partial charge in [-0.1, -0.05) is 11.6 Å². The second-order valence-corrected chi connectivity index (χ2v) is 6.21. The fraction of sp³-hybridized carbons (Fsp3) is 0.278. The minimum atomic E-state index is 0.337. The average molecular weight is 409 g/mol. The molecule has 2 heterocycles. The summed E-state index contributed by atoms with van der Waals surface area (Å²) in [5, 5.41) is 4.22. The van der Waals surface area contributed by atoms with Crippen LogP contribution in [0.25, 0.3) is 10.9 Å². The van der Waals surface area contributed by atoms with Gasteiger partial charge in [0, 0.05) is 17.3 Å². The molecule has 3 rings (SSSR count). The SMILES string of the molecule is COc1cc2c(Nc3nc(Cl)ccc3OC)ncnc2cc1OCCCCl. The summed E-state index contributed by atoms with van der Waals surface area (Å²) in [7, 11) is 3.13. The predicted molar refractivity (Wildman–Crippen MR) is 106 cm³/mol. The number of alkyl halides is 1. The van der Waals surface area contributed by atoms with Gasteiger partial charge in [0.2, 0.25) is 0 Å². The van der Waals surface area contributed by atoms with Crippen molar-refractivity contribution in [1.82, 2.24) is 15.0 Å². The number of aromatic nitrogens is 3. The molecule has 0 radical (unpaired) electrons. The molecule has 3 aromatic rings. The summed E-state index contributed by atoms with van der Waals surface area (Å²) in [6.07, 6.45) is 2.19. The normalized spacial score (nSPS) is 10.7. The predicted octanol–water partition coefficient (Wildman–Crippen LogP) is 4.45. The summed E-state index contributed by atoms with van der Waals surface area (Å²) in [5.41, 5.74) is 0.690. The molecule has 1 N–H and O–H groups in total. The van der Waals surface area contributed by atoms with Gasteiger partial charge in [0.15, 0.2) is 23.1 Å². The third kappa shape index (κ3) is 4.43. The first kappa shape index (κ1) is 19.3. The summed E-state index contributed by atoms with van der Waals surface area (Å²) in [4.78, 5) is 12.9. The molecule has 27 heavy (non-hydrogen) atoms. The van der Waals surface area contributed by atoms with Crippen LogP contribution in [0.3, 0.4) is 0 Å². The second-order valence-electron chi connectivity index (χ2n) is 5.44. The van der Waals surface area contributed by atoms with Gasteiger partial charge in [-0.3, -0.25) is 0 Å². The van der Waals surface area contributed by atoms with Crippen LogP contribution in [0.4, 0.5) is 11.6 Å². The van der Waals surface area contributed by atoms with Crippen molar-refractivity contribution in [3.05, 3.63) is 35.7 Å². The Morgan fingerprint density at radius 3 is 2.56 bits per heavy atom. The summed E-state index contributed by atoms with van der Waals surface area (Å²) in [5.74, 6) is 3.23. The van der Waals surface area contributed by atoms with Crippen LogP contribution in [0, 0.1) is 0 Å². The van der Waals surface area contributed by atoms with E-state index in [9.17, 15) is 0 Å². The van der Waals surface area contributed by atoms with Gasteiger partial charge >= 0.3 is 0 Å². The van der Waals surface area contributed by atoms with Crippen molar-refractivity contribution < 1.29 is 14.2 Å². The van der Waals surface area contributed by atoms with E-state index in [0.29, 0.717) is 52.0 Å². The zero-order valence-corrected chi connectivity index (χ0v) is 16.3. The molecule has 7 nitrogen and oxygen atoms in total. The first-order valence-electron chi connectivity index (χ1n) is 8.15. The highest BCUT2D eigenvalue weighted by Gasteiger charge is 2.14. The van der Waals surface area contributed by atoms with Crippen molar-refractivity contribution in [2.45, 2.75) is 6.42 Å². The van der Waals surface area contributed by atoms with Gasteiger partial charge in [0.1, 0.15) is 17.3 Å². The molecule has 0 fully saturated rings. The zero-order valence-electron chi connectivity index (χ0n) is 14.8. The molecule has 0 aliphatic heterocycles. The minimum absolute atomic E-state index is 0.337. The lowest BCUT2D eigenvalue weighted by atomic mass is 10.2. The molecule has 0 aliphatic carbocycles. The number of hydrogen-bond acceptors (Lipinski definition) is 7. The van der Waals surface area contributed by atoms with Crippen molar-refractivity contribution in [3.8, 4) is 17.2 Å². The molecule has 0 aliphatic rings. The summed E-state index contributed by atoms with van der Waals surface area (Å²) in [6.45, 7) is 0.491. The van der Waals surface area contributed by atoms with Crippen LogP contribution in [0.5, 0.6) is 17.2 Å². The number of methoxy groups -OCH3 is 2. The molecule has 9 heteroatoms. The highest BCUT2D eigenvalue weighted by molar-refractivity contribution is 6.29. The Balaban J connectivity index is 2.01. The lowest BCUT2D eigenvalue weighted by Crippen LogP contribution is -2.03. The molecule has 0 atom stereocenters. The van der Waals surface area contributed by atoms with E-state index in [1.54, 1.807) is 32.4 Å². The van der Waals surface area contributed by atoms with E-state index in [1.807, 2.05) is 6.07 Å². The minimum Gasteiger partial charge on any atom is -0.493 e. The van der Waals surface area contributed by atoms with E-state index in [1.165, 1.54) is 6.33 Å². The van der Waals surface area contributed by atoms with Crippen LogP contribution in [-0.2, 0) is 0 Å². The third-order valence-corrected chi connectivity index (χ3v) is 4.21. The van der Waals surface area contributed by atoms with E-state index >= 15 is 0 Å². The third-order valence-electron chi connectivity index (χ3n) is 3.74. The smallest absolute Gasteiger partial charge is 0.175 e. The standard InChI is InChI=1S/C18H18Cl2N4O3/c1-25-13-4-5-16(20)23-18(13)24-17-11-8-14(26-2)15(27-7-3-6-19)9-12(11)21-10-22-17/h4-5,8-10H,3,6-7H2,1-2H3,(H,21,22,23,24). The maximum absolute atomic E-state index is 6.00. The fourth-order valence-electron chi connectivity index (χ4n) is 2.46. The lowest BCUT2D eigenvalue weighted by Gasteiger charge is -2.14. The van der Waals surface area contributed by atoms with Crippen LogP contribution in [-0.4, -0.2) is 41.7 Å². The average Bonchev–Trinajstić information content (AvgIpc) is 2.68. The maximum atomic E-state index is 6.00. The number of pyridine rings is 1. The molecule has 0 spiro atoms. The number of anilines is 2. The van der Waals surface area contributed by atoms with E-state index in [2.05, 4.69) is 20.3 Å². The maximum Gasteiger partial charge on any atom is 0.175 e. The van der Waals surface area contributed by atoms with E-state index < -0.39 is 0 Å². The summed E-state index contributed by atoms with van der Waals surface area (Å²) >= 11 is 11.7. The van der Waals surface area contributed by atoms with Crippen molar-refractivity contribution in [2.24, 2.45) is 0 Å². The van der Waals surface area contributed by atoms with Gasteiger partial charge < -0.3 is 19.5 Å². The van der Waals surface area contributed by atoms with Crippen LogP contribution < -0.4 is 19.5 Å². The largest absolute Gasteiger partial charge is 0.493 e. The quantitative estimate of drug-likeness (QED) is 0.335. The molecule has 1 aromatic carbocycles. The number of benzene rings is 1.